The van der Waals surface area contributed by atoms with Crippen molar-refractivity contribution in [2.45, 2.75) is 10.7 Å². The summed E-state index contributed by atoms with van der Waals surface area (Å²) in [6.45, 7) is 0. The van der Waals surface area contributed by atoms with E-state index >= 15 is 0 Å². The van der Waals surface area contributed by atoms with E-state index in [4.69, 9.17) is 4.74 Å². The second kappa shape index (κ2) is 9.78. The Labute approximate surface area is 196 Å². The molecule has 1 heterocycles. The molecule has 0 aliphatic heterocycles. The van der Waals surface area contributed by atoms with Gasteiger partial charge in [0.25, 0.3) is 21.5 Å². The third kappa shape index (κ3) is 6.30. The van der Waals surface area contributed by atoms with Crippen molar-refractivity contribution in [3.63, 3.8) is 0 Å². The summed E-state index contributed by atoms with van der Waals surface area (Å²) in [7, 11) is -0.192. The van der Waals surface area contributed by atoms with Gasteiger partial charge >= 0.3 is 5.85 Å². The van der Waals surface area contributed by atoms with Crippen LogP contribution in [-0.4, -0.2) is 31.9 Å². The monoisotopic (exact) mass is 511 g/mol. The summed E-state index contributed by atoms with van der Waals surface area (Å²) >= 11 is 0. The number of alkyl halides is 2. The fourth-order valence-electron chi connectivity index (χ4n) is 2.85. The van der Waals surface area contributed by atoms with Crippen molar-refractivity contribution in [1.82, 2.24) is 4.57 Å². The van der Waals surface area contributed by atoms with E-state index in [2.05, 4.69) is 14.8 Å². The molecule has 0 bridgehead atoms. The van der Waals surface area contributed by atoms with Gasteiger partial charge in [-0.15, -0.1) is 0 Å². The Morgan fingerprint density at radius 2 is 1.82 bits per heavy atom. The maximum atomic E-state index is 13.1. The second-order valence-corrected chi connectivity index (χ2v) is 9.30. The van der Waals surface area contributed by atoms with Gasteiger partial charge in [-0.05, 0) is 39.6 Å². The molecule has 9 nitrogen and oxygen atoms in total. The summed E-state index contributed by atoms with van der Waals surface area (Å²) in [6, 6.07) is 11.5. The Morgan fingerprint density at radius 1 is 1.09 bits per heavy atom. The lowest BCUT2D eigenvalue weighted by Gasteiger charge is -2.15. The van der Waals surface area contributed by atoms with Crippen LogP contribution in [0.3, 0.4) is 0 Å². The smallest absolute Gasteiger partial charge is 0.408 e. The standard InChI is InChI=1S/C21H20F2N3O6PS/c1-26-9-8-13(10-19(26)27)20(28)24-14-6-7-18(17(12-14)31-2)34(29,30)25-15-4-3-5-16(11-15)32-21(22,23)33/h3-12,25H,33H2,1-2H3,(H,24,28). The molecular formula is C21H20F2N3O6PS. The van der Waals surface area contributed by atoms with Crippen molar-refractivity contribution in [2.24, 2.45) is 7.05 Å². The summed E-state index contributed by atoms with van der Waals surface area (Å²) in [6.07, 6.45) is 1.44. The number of carbonyl (C=O) groups excluding carboxylic acids is 1. The van der Waals surface area contributed by atoms with E-state index in [1.807, 2.05) is 0 Å². The van der Waals surface area contributed by atoms with Crippen molar-refractivity contribution >= 4 is 36.5 Å². The molecule has 1 unspecified atom stereocenters. The number of nitrogens with zero attached hydrogens (tertiary/aromatic N) is 1. The fourth-order valence-corrected chi connectivity index (χ4v) is 4.19. The summed E-state index contributed by atoms with van der Waals surface area (Å²) in [5.74, 6) is -4.43. The highest BCUT2D eigenvalue weighted by Gasteiger charge is 2.24. The van der Waals surface area contributed by atoms with Crippen LogP contribution in [-0.2, 0) is 17.1 Å². The van der Waals surface area contributed by atoms with E-state index in [0.717, 1.165) is 6.07 Å². The number of benzene rings is 2. The highest BCUT2D eigenvalue weighted by atomic mass is 32.2. The zero-order valence-electron chi connectivity index (χ0n) is 17.9. The number of hydrogen-bond acceptors (Lipinski definition) is 6. The minimum atomic E-state index is -4.20. The van der Waals surface area contributed by atoms with Crippen LogP contribution < -0.4 is 25.1 Å². The van der Waals surface area contributed by atoms with Gasteiger partial charge in [0.05, 0.1) is 12.8 Å². The van der Waals surface area contributed by atoms with E-state index in [-0.39, 0.29) is 38.9 Å². The van der Waals surface area contributed by atoms with Gasteiger partial charge in [0.1, 0.15) is 16.4 Å². The molecule has 3 aromatic rings. The predicted octanol–water partition coefficient (Wildman–Crippen LogP) is 3.25. The number of aromatic nitrogens is 1. The van der Waals surface area contributed by atoms with Crippen LogP contribution in [0, 0.1) is 0 Å². The topological polar surface area (TPSA) is 116 Å². The third-order valence-corrected chi connectivity index (χ3v) is 5.96. The Bertz CT molecular complexity index is 1390. The molecule has 1 atom stereocenters. The Kier molecular flexibility index (Phi) is 7.23. The van der Waals surface area contributed by atoms with Gasteiger partial charge in [-0.3, -0.25) is 14.3 Å². The second-order valence-electron chi connectivity index (χ2n) is 6.98. The first-order valence-electron chi connectivity index (χ1n) is 9.52. The molecule has 0 spiro atoms. The first-order chi connectivity index (χ1) is 15.9. The van der Waals surface area contributed by atoms with Gasteiger partial charge in [0.15, 0.2) is 0 Å². The number of nitrogens with one attached hydrogen (secondary N) is 2. The highest BCUT2D eigenvalue weighted by Crippen LogP contribution is 2.31. The van der Waals surface area contributed by atoms with E-state index in [1.54, 1.807) is 7.05 Å². The number of amides is 1. The quantitative estimate of drug-likeness (QED) is 0.449. The molecule has 1 aromatic heterocycles. The van der Waals surface area contributed by atoms with Gasteiger partial charge < -0.3 is 19.4 Å². The Morgan fingerprint density at radius 3 is 2.47 bits per heavy atom. The lowest BCUT2D eigenvalue weighted by Crippen LogP contribution is -2.20. The molecule has 0 saturated carbocycles. The fraction of sp³-hybridized carbons (Fsp3) is 0.143. The molecule has 0 aliphatic carbocycles. The van der Waals surface area contributed by atoms with Gasteiger partial charge in [0, 0.05) is 42.7 Å². The summed E-state index contributed by atoms with van der Waals surface area (Å²) in [5.41, 5.74) is -0.0383. The van der Waals surface area contributed by atoms with Crippen LogP contribution in [0.4, 0.5) is 20.2 Å². The minimum absolute atomic E-state index is 0.0168. The maximum Gasteiger partial charge on any atom is 0.408 e. The zero-order valence-corrected chi connectivity index (χ0v) is 19.9. The average Bonchev–Trinajstić information content (AvgIpc) is 2.74. The first-order valence-corrected chi connectivity index (χ1v) is 11.6. The van der Waals surface area contributed by atoms with Crippen LogP contribution in [0.2, 0.25) is 0 Å². The summed E-state index contributed by atoms with van der Waals surface area (Å²) in [5, 5.41) is 2.57. The zero-order chi connectivity index (χ0) is 25.1. The number of halogens is 2. The number of aryl methyl sites for hydroxylation is 1. The van der Waals surface area contributed by atoms with Gasteiger partial charge in [0.2, 0.25) is 0 Å². The van der Waals surface area contributed by atoms with Crippen molar-refractivity contribution in [3.8, 4) is 11.5 Å². The molecule has 0 radical (unpaired) electrons. The number of sulfonamides is 1. The molecule has 13 heteroatoms. The maximum absolute atomic E-state index is 13.1. The molecule has 2 aromatic carbocycles. The molecule has 1 amide bonds. The van der Waals surface area contributed by atoms with Crippen LogP contribution in [0.5, 0.6) is 11.5 Å². The molecule has 2 N–H and O–H groups in total. The number of pyridine rings is 1. The van der Waals surface area contributed by atoms with Crippen molar-refractivity contribution < 1.29 is 31.5 Å². The lowest BCUT2D eigenvalue weighted by molar-refractivity contribution is -0.0891. The van der Waals surface area contributed by atoms with Crippen LogP contribution in [0.1, 0.15) is 10.4 Å². The SMILES string of the molecule is COc1cc(NC(=O)c2ccn(C)c(=O)c2)ccc1S(=O)(=O)Nc1cccc(OC(F)(F)P)c1. The van der Waals surface area contributed by atoms with Gasteiger partial charge in [-0.2, -0.15) is 8.78 Å². The van der Waals surface area contributed by atoms with Crippen LogP contribution in [0.15, 0.2) is 70.5 Å². The van der Waals surface area contributed by atoms with Crippen molar-refractivity contribution in [3.05, 3.63) is 76.7 Å². The number of methoxy groups -OCH3 is 1. The van der Waals surface area contributed by atoms with Gasteiger partial charge in [-0.25, -0.2) is 8.42 Å². The molecule has 0 fully saturated rings. The largest absolute Gasteiger partial charge is 0.495 e. The van der Waals surface area contributed by atoms with E-state index in [1.165, 1.54) is 75.6 Å². The van der Waals surface area contributed by atoms with Crippen LogP contribution >= 0.6 is 9.24 Å². The first kappa shape index (κ1) is 25.1. The molecule has 0 aliphatic rings. The van der Waals surface area contributed by atoms with Crippen molar-refractivity contribution in [2.75, 3.05) is 17.1 Å². The van der Waals surface area contributed by atoms with E-state index in [0.29, 0.717) is 0 Å². The average molecular weight is 511 g/mol. The number of carbonyl (C=O) groups is 1. The molecular weight excluding hydrogens is 491 g/mol. The van der Waals surface area contributed by atoms with Crippen molar-refractivity contribution in [1.29, 1.82) is 0 Å². The predicted molar refractivity (Wildman–Crippen MR) is 125 cm³/mol. The number of anilines is 2. The normalized spacial score (nSPS) is 11.6. The molecule has 180 valence electrons. The third-order valence-electron chi connectivity index (χ3n) is 4.42. The minimum Gasteiger partial charge on any atom is -0.495 e. The number of hydrogen-bond donors (Lipinski definition) is 2. The molecule has 0 saturated heterocycles. The Balaban J connectivity index is 1.83. The van der Waals surface area contributed by atoms with Crippen LogP contribution in [0.25, 0.3) is 0 Å². The van der Waals surface area contributed by atoms with Gasteiger partial charge in [-0.1, -0.05) is 6.07 Å². The summed E-state index contributed by atoms with van der Waals surface area (Å²) in [4.78, 5) is 23.9. The number of rotatable bonds is 8. The van der Waals surface area contributed by atoms with E-state index < -0.39 is 21.8 Å². The summed E-state index contributed by atoms with van der Waals surface area (Å²) < 4.78 is 65.1. The lowest BCUT2D eigenvalue weighted by atomic mass is 10.2. The van der Waals surface area contributed by atoms with E-state index in [9.17, 15) is 26.8 Å². The highest BCUT2D eigenvalue weighted by molar-refractivity contribution is 7.92. The Hall–Kier alpha value is -3.50. The number of ether oxygens (including phenoxy) is 2. The molecule has 34 heavy (non-hydrogen) atoms. The molecule has 3 rings (SSSR count).